The monoisotopic (exact) mass is 581 g/mol. The maximum Gasteiger partial charge on any atom is 0.247 e. The van der Waals surface area contributed by atoms with Crippen molar-refractivity contribution < 1.29 is 19.5 Å². The minimum Gasteiger partial charge on any atom is -0.394 e. The van der Waals surface area contributed by atoms with E-state index in [1.54, 1.807) is 38.6 Å². The molecule has 1 N–H and O–H groups in total. The van der Waals surface area contributed by atoms with E-state index in [1.807, 2.05) is 44.2 Å². The molecule has 3 aliphatic heterocycles. The van der Waals surface area contributed by atoms with E-state index >= 15 is 0 Å². The molecule has 3 aliphatic rings. The topological polar surface area (TPSA) is 81.2 Å². The highest BCUT2D eigenvalue weighted by molar-refractivity contribution is 8.02. The Balaban J connectivity index is 1.80. The lowest BCUT2D eigenvalue weighted by molar-refractivity contribution is -0.148. The Morgan fingerprint density at radius 1 is 1.12 bits per heavy atom. The van der Waals surface area contributed by atoms with Crippen molar-refractivity contribution in [2.24, 2.45) is 23.7 Å². The van der Waals surface area contributed by atoms with Crippen LogP contribution in [0.15, 0.2) is 55.6 Å². The highest BCUT2D eigenvalue weighted by Crippen LogP contribution is 2.69. The van der Waals surface area contributed by atoms with Crippen LogP contribution in [0.25, 0.3) is 0 Å². The number of hydrogen-bond acceptors (Lipinski definition) is 5. The Morgan fingerprint density at radius 2 is 1.78 bits per heavy atom. The van der Waals surface area contributed by atoms with Crippen LogP contribution in [-0.2, 0) is 20.9 Å². The first kappa shape index (κ1) is 31.4. The first-order valence-electron chi connectivity index (χ1n) is 15.0. The number of rotatable bonds is 13. The summed E-state index contributed by atoms with van der Waals surface area (Å²) in [6.45, 7) is 18.9. The first-order chi connectivity index (χ1) is 19.5. The van der Waals surface area contributed by atoms with Gasteiger partial charge in [-0.15, -0.1) is 24.9 Å². The van der Waals surface area contributed by atoms with Crippen molar-refractivity contribution in [3.8, 4) is 0 Å². The van der Waals surface area contributed by atoms with Gasteiger partial charge in [0.15, 0.2) is 0 Å². The second-order valence-electron chi connectivity index (χ2n) is 12.6. The van der Waals surface area contributed by atoms with Gasteiger partial charge in [-0.2, -0.15) is 0 Å². The molecule has 7 nitrogen and oxygen atoms in total. The summed E-state index contributed by atoms with van der Waals surface area (Å²) in [4.78, 5) is 48.9. The van der Waals surface area contributed by atoms with Crippen molar-refractivity contribution in [2.45, 2.75) is 82.1 Å². The molecule has 3 unspecified atom stereocenters. The molecule has 4 rings (SSSR count). The molecule has 3 heterocycles. The van der Waals surface area contributed by atoms with Crippen LogP contribution < -0.4 is 0 Å². The van der Waals surface area contributed by atoms with Gasteiger partial charge >= 0.3 is 0 Å². The standard InChI is InChI=1S/C33H47N3O4S/c1-8-15-34(19-24-13-11-10-12-14-24)30(38)27-26-18-23(7)33(41-26)28(27)31(39)36(25(20-37)17-21(3)4)29(33)32(40)35(16-9-2)22(5)6/h8-14,21-23,25-29,37H,1-2,15-20H2,3-7H3/t23?,25-,26+,27-,28+,29?,33?/m1/s1. The number of carbonyl (C=O) groups is 3. The van der Waals surface area contributed by atoms with E-state index in [4.69, 9.17) is 0 Å². The van der Waals surface area contributed by atoms with Crippen LogP contribution in [0.3, 0.4) is 0 Å². The molecule has 1 aromatic rings. The van der Waals surface area contributed by atoms with E-state index in [0.717, 1.165) is 12.0 Å². The fourth-order valence-corrected chi connectivity index (χ4v) is 9.88. The van der Waals surface area contributed by atoms with Crippen molar-refractivity contribution >= 4 is 29.5 Å². The molecule has 41 heavy (non-hydrogen) atoms. The van der Waals surface area contributed by atoms with E-state index < -0.39 is 28.7 Å². The van der Waals surface area contributed by atoms with Crippen LogP contribution in [0.2, 0.25) is 0 Å². The molecule has 0 saturated carbocycles. The summed E-state index contributed by atoms with van der Waals surface area (Å²) < 4.78 is -0.732. The Bertz CT molecular complexity index is 1140. The normalized spacial score (nSPS) is 29.1. The maximum absolute atomic E-state index is 14.6. The second kappa shape index (κ2) is 12.7. The number of hydrogen-bond donors (Lipinski definition) is 1. The third kappa shape index (κ3) is 5.50. The van der Waals surface area contributed by atoms with E-state index in [9.17, 15) is 19.5 Å². The fourth-order valence-electron chi connectivity index (χ4n) is 7.49. The van der Waals surface area contributed by atoms with Crippen molar-refractivity contribution in [3.05, 3.63) is 61.2 Å². The van der Waals surface area contributed by atoms with Crippen LogP contribution in [0.1, 0.15) is 53.0 Å². The van der Waals surface area contributed by atoms with Crippen LogP contribution in [-0.4, -0.2) is 85.3 Å². The number of thioether (sulfide) groups is 1. The molecule has 2 bridgehead atoms. The van der Waals surface area contributed by atoms with Crippen LogP contribution in [0, 0.1) is 23.7 Å². The summed E-state index contributed by atoms with van der Waals surface area (Å²) >= 11 is 1.68. The summed E-state index contributed by atoms with van der Waals surface area (Å²) in [7, 11) is 0. The largest absolute Gasteiger partial charge is 0.394 e. The number of nitrogens with zero attached hydrogens (tertiary/aromatic N) is 3. The molecule has 3 saturated heterocycles. The summed E-state index contributed by atoms with van der Waals surface area (Å²) in [5, 5.41) is 10.5. The van der Waals surface area contributed by atoms with Gasteiger partial charge in [-0.3, -0.25) is 14.4 Å². The number of likely N-dealkylation sites (tertiary alicyclic amines) is 1. The average molecular weight is 582 g/mol. The average Bonchev–Trinajstić information content (AvgIpc) is 3.53. The lowest BCUT2D eigenvalue weighted by atomic mass is 9.65. The Labute approximate surface area is 250 Å². The van der Waals surface area contributed by atoms with E-state index in [0.29, 0.717) is 26.1 Å². The molecular weight excluding hydrogens is 534 g/mol. The maximum atomic E-state index is 14.6. The van der Waals surface area contributed by atoms with Crippen LogP contribution in [0.4, 0.5) is 0 Å². The number of fused-ring (bicyclic) bond motifs is 1. The van der Waals surface area contributed by atoms with Gasteiger partial charge in [0.2, 0.25) is 17.7 Å². The molecule has 7 atom stereocenters. The third-order valence-electron chi connectivity index (χ3n) is 9.16. The number of carbonyl (C=O) groups excluding carboxylic acids is 3. The molecule has 8 heteroatoms. The van der Waals surface area contributed by atoms with Gasteiger partial charge in [-0.25, -0.2) is 0 Å². The lowest BCUT2D eigenvalue weighted by Gasteiger charge is -2.43. The van der Waals surface area contributed by atoms with Gasteiger partial charge in [-0.05, 0) is 44.1 Å². The minimum absolute atomic E-state index is 0.0448. The molecule has 0 aromatic heterocycles. The summed E-state index contributed by atoms with van der Waals surface area (Å²) in [6, 6.07) is 8.53. The zero-order valence-corrected chi connectivity index (χ0v) is 26.1. The van der Waals surface area contributed by atoms with Crippen LogP contribution >= 0.6 is 11.8 Å². The van der Waals surface area contributed by atoms with Crippen molar-refractivity contribution in [3.63, 3.8) is 0 Å². The van der Waals surface area contributed by atoms with Crippen LogP contribution in [0.5, 0.6) is 0 Å². The summed E-state index contributed by atoms with van der Waals surface area (Å²) in [5.41, 5.74) is 1.02. The number of amides is 3. The lowest BCUT2D eigenvalue weighted by Crippen LogP contribution is -2.60. The predicted octanol–water partition coefficient (Wildman–Crippen LogP) is 4.37. The first-order valence-corrected chi connectivity index (χ1v) is 15.9. The molecule has 0 radical (unpaired) electrons. The molecule has 3 fully saturated rings. The van der Waals surface area contributed by atoms with Gasteiger partial charge in [0.25, 0.3) is 0 Å². The second-order valence-corrected chi connectivity index (χ2v) is 14.2. The Morgan fingerprint density at radius 3 is 2.34 bits per heavy atom. The summed E-state index contributed by atoms with van der Waals surface area (Å²) in [6.07, 6.45) is 4.80. The zero-order valence-electron chi connectivity index (χ0n) is 25.2. The van der Waals surface area contributed by atoms with Crippen molar-refractivity contribution in [1.29, 1.82) is 0 Å². The highest BCUT2D eigenvalue weighted by Gasteiger charge is 2.77. The van der Waals surface area contributed by atoms with E-state index in [1.165, 1.54) is 0 Å². The highest BCUT2D eigenvalue weighted by atomic mass is 32.2. The van der Waals surface area contributed by atoms with Gasteiger partial charge in [0.1, 0.15) is 6.04 Å². The summed E-state index contributed by atoms with van der Waals surface area (Å²) in [5.74, 6) is -1.20. The molecule has 1 spiro atoms. The predicted molar refractivity (Wildman–Crippen MR) is 165 cm³/mol. The van der Waals surface area contributed by atoms with E-state index in [2.05, 4.69) is 33.9 Å². The molecule has 1 aromatic carbocycles. The molecule has 0 aliphatic carbocycles. The smallest absolute Gasteiger partial charge is 0.247 e. The quantitative estimate of drug-likeness (QED) is 0.350. The van der Waals surface area contributed by atoms with Gasteiger partial charge < -0.3 is 19.8 Å². The van der Waals surface area contributed by atoms with Gasteiger partial charge in [0.05, 0.1) is 29.2 Å². The zero-order chi connectivity index (χ0) is 30.1. The minimum atomic E-state index is -0.747. The Hall–Kier alpha value is -2.58. The number of aliphatic hydroxyl groups is 1. The molecule has 224 valence electrons. The number of benzene rings is 1. The SMILES string of the molecule is C=CCN(Cc1ccccc1)C(=O)[C@@H]1[C@@H]2CC(C)C3(S2)C(C(=O)N(CC=C)C(C)C)N([C@@H](CO)CC(C)C)C(=O)[C@H]13. The van der Waals surface area contributed by atoms with Crippen molar-refractivity contribution in [2.75, 3.05) is 19.7 Å². The molecule has 3 amide bonds. The third-order valence-corrected chi connectivity index (χ3v) is 11.2. The Kier molecular flexibility index (Phi) is 9.74. The number of aliphatic hydroxyl groups excluding tert-OH is 1. The van der Waals surface area contributed by atoms with Gasteiger partial charge in [0, 0.05) is 30.9 Å². The van der Waals surface area contributed by atoms with E-state index in [-0.39, 0.29) is 47.5 Å². The fraction of sp³-hybridized carbons (Fsp3) is 0.606. The van der Waals surface area contributed by atoms with Crippen molar-refractivity contribution in [1.82, 2.24) is 14.7 Å². The van der Waals surface area contributed by atoms with Gasteiger partial charge in [-0.1, -0.05) is 63.3 Å². The molecular formula is C33H47N3O4S.